The van der Waals surface area contributed by atoms with Crippen molar-refractivity contribution < 1.29 is 4.79 Å². The lowest BCUT2D eigenvalue weighted by Gasteiger charge is -2.07. The Balaban J connectivity index is 1.24. The lowest BCUT2D eigenvalue weighted by Crippen LogP contribution is -2.05. The Labute approximate surface area is 223 Å². The van der Waals surface area contributed by atoms with Gasteiger partial charge in [-0.1, -0.05) is 48.2 Å². The van der Waals surface area contributed by atoms with Gasteiger partial charge in [0.2, 0.25) is 5.91 Å². The lowest BCUT2D eigenvalue weighted by atomic mass is 10.2. The van der Waals surface area contributed by atoms with Crippen LogP contribution in [0.4, 0.5) is 17.2 Å². The second-order valence-corrected chi connectivity index (χ2v) is 9.80. The number of nitrogens with zero attached hydrogens (tertiary/aromatic N) is 4. The summed E-state index contributed by atoms with van der Waals surface area (Å²) in [5.41, 5.74) is 5.58. The van der Waals surface area contributed by atoms with Gasteiger partial charge in [0.25, 0.3) is 0 Å². The highest BCUT2D eigenvalue weighted by molar-refractivity contribution is 7.20. The van der Waals surface area contributed by atoms with Crippen molar-refractivity contribution in [3.63, 3.8) is 0 Å². The normalized spacial score (nSPS) is 10.8. The summed E-state index contributed by atoms with van der Waals surface area (Å²) in [5, 5.41) is 11.9. The average molecular weight is 515 g/mol. The fourth-order valence-electron chi connectivity index (χ4n) is 4.20. The molecule has 184 valence electrons. The minimum Gasteiger partial charge on any atom is -0.339 e. The van der Waals surface area contributed by atoms with Crippen molar-refractivity contribution >= 4 is 55.6 Å². The Hall–Kier alpha value is -5.00. The van der Waals surface area contributed by atoms with Crippen LogP contribution in [0.15, 0.2) is 91.4 Å². The Bertz CT molecular complexity index is 1850. The Morgan fingerprint density at radius 1 is 0.947 bits per heavy atom. The van der Waals surface area contributed by atoms with Gasteiger partial charge in [-0.15, -0.1) is 11.3 Å². The number of carbonyl (C=O) groups excluding carboxylic acids is 1. The molecule has 3 aromatic heterocycles. The van der Waals surface area contributed by atoms with Gasteiger partial charge in [0.1, 0.15) is 6.33 Å². The number of nitrogens with one attached hydrogen (secondary N) is 2. The molecular weight excluding hydrogens is 492 g/mol. The van der Waals surface area contributed by atoms with E-state index in [0.29, 0.717) is 0 Å². The van der Waals surface area contributed by atoms with Gasteiger partial charge in [0, 0.05) is 29.2 Å². The molecule has 0 fully saturated rings. The maximum absolute atomic E-state index is 11.3. The predicted molar refractivity (Wildman–Crippen MR) is 153 cm³/mol. The molecule has 0 aliphatic carbocycles. The molecule has 7 nitrogen and oxygen atoms in total. The molecule has 0 atom stereocenters. The van der Waals surface area contributed by atoms with Gasteiger partial charge in [-0.05, 0) is 48.0 Å². The standard InChI is InChI=1S/C30H22N6OS/c1-20(37)34-24-9-5-8-21(14-24)10-12-26-16-27-29(38-26)30(32-19-31-27)35-25-11-13-28-23(15-25)17-33-36(28)18-22-6-3-2-4-7-22/h2-9,11,13-17,19H,18H2,1H3,(H,34,37)(H,31,32,35). The number of hydrogen-bond acceptors (Lipinski definition) is 6. The van der Waals surface area contributed by atoms with E-state index in [1.54, 1.807) is 6.33 Å². The monoisotopic (exact) mass is 514 g/mol. The van der Waals surface area contributed by atoms with Gasteiger partial charge in [0.05, 0.1) is 33.4 Å². The molecular formula is C30H22N6OS. The van der Waals surface area contributed by atoms with E-state index in [1.807, 2.05) is 65.5 Å². The van der Waals surface area contributed by atoms with Crippen molar-refractivity contribution in [3.05, 3.63) is 107 Å². The molecule has 6 aromatic rings. The summed E-state index contributed by atoms with van der Waals surface area (Å²) in [6.45, 7) is 2.21. The highest BCUT2D eigenvalue weighted by atomic mass is 32.1. The molecule has 1 amide bonds. The molecule has 3 heterocycles. The third kappa shape index (κ3) is 5.09. The summed E-state index contributed by atoms with van der Waals surface area (Å²) in [5.74, 6) is 7.01. The molecule has 0 radical (unpaired) electrons. The number of thiophene rings is 1. The van der Waals surface area contributed by atoms with Gasteiger partial charge in [-0.3, -0.25) is 9.48 Å². The second-order valence-electron chi connectivity index (χ2n) is 8.75. The number of amides is 1. The summed E-state index contributed by atoms with van der Waals surface area (Å²) in [7, 11) is 0. The van der Waals surface area contributed by atoms with Crippen molar-refractivity contribution in [1.82, 2.24) is 19.7 Å². The largest absolute Gasteiger partial charge is 0.339 e. The zero-order chi connectivity index (χ0) is 25.9. The number of benzene rings is 3. The van der Waals surface area contributed by atoms with Crippen LogP contribution >= 0.6 is 11.3 Å². The molecule has 0 saturated heterocycles. The highest BCUT2D eigenvalue weighted by Crippen LogP contribution is 2.31. The lowest BCUT2D eigenvalue weighted by molar-refractivity contribution is -0.114. The highest BCUT2D eigenvalue weighted by Gasteiger charge is 2.10. The van der Waals surface area contributed by atoms with Gasteiger partial charge in [-0.2, -0.15) is 5.10 Å². The van der Waals surface area contributed by atoms with Crippen LogP contribution in [0.3, 0.4) is 0 Å². The number of carbonyl (C=O) groups is 1. The maximum Gasteiger partial charge on any atom is 0.221 e. The number of fused-ring (bicyclic) bond motifs is 2. The minimum atomic E-state index is -0.113. The number of anilines is 3. The van der Waals surface area contributed by atoms with Crippen LogP contribution in [0.2, 0.25) is 0 Å². The zero-order valence-electron chi connectivity index (χ0n) is 20.5. The smallest absolute Gasteiger partial charge is 0.221 e. The van der Waals surface area contributed by atoms with Crippen molar-refractivity contribution in [2.75, 3.05) is 10.6 Å². The first kappa shape index (κ1) is 23.4. The van der Waals surface area contributed by atoms with E-state index in [9.17, 15) is 4.79 Å². The van der Waals surface area contributed by atoms with E-state index in [0.717, 1.165) is 55.3 Å². The number of hydrogen-bond donors (Lipinski definition) is 2. The first-order valence-electron chi connectivity index (χ1n) is 12.0. The Morgan fingerprint density at radius 3 is 2.71 bits per heavy atom. The van der Waals surface area contributed by atoms with Crippen molar-refractivity contribution in [3.8, 4) is 11.8 Å². The number of aromatic nitrogens is 4. The van der Waals surface area contributed by atoms with Crippen molar-refractivity contribution in [2.45, 2.75) is 13.5 Å². The molecule has 2 N–H and O–H groups in total. The molecule has 3 aromatic carbocycles. The Morgan fingerprint density at radius 2 is 1.84 bits per heavy atom. The van der Waals surface area contributed by atoms with Gasteiger partial charge >= 0.3 is 0 Å². The van der Waals surface area contributed by atoms with Crippen LogP contribution < -0.4 is 10.6 Å². The summed E-state index contributed by atoms with van der Waals surface area (Å²) in [6, 6.07) is 25.9. The summed E-state index contributed by atoms with van der Waals surface area (Å²) < 4.78 is 2.94. The SMILES string of the molecule is CC(=O)Nc1cccc(C#Cc2cc3ncnc(Nc4ccc5c(cnn5Cc5ccccc5)c4)c3s2)c1. The molecule has 8 heteroatoms. The van der Waals surface area contributed by atoms with Gasteiger partial charge < -0.3 is 10.6 Å². The second kappa shape index (κ2) is 10.2. The van der Waals surface area contributed by atoms with E-state index in [4.69, 9.17) is 0 Å². The van der Waals surface area contributed by atoms with Crippen LogP contribution in [0.5, 0.6) is 0 Å². The predicted octanol–water partition coefficient (Wildman–Crippen LogP) is 6.19. The summed E-state index contributed by atoms with van der Waals surface area (Å²) >= 11 is 1.54. The fraction of sp³-hybridized carbons (Fsp3) is 0.0667. The quantitative estimate of drug-likeness (QED) is 0.268. The Kier molecular flexibility index (Phi) is 6.26. The minimum absolute atomic E-state index is 0.113. The third-order valence-electron chi connectivity index (χ3n) is 5.90. The van der Waals surface area contributed by atoms with Crippen LogP contribution in [-0.2, 0) is 11.3 Å². The van der Waals surface area contributed by atoms with Crippen molar-refractivity contribution in [2.24, 2.45) is 0 Å². The van der Waals surface area contributed by atoms with E-state index >= 15 is 0 Å². The average Bonchev–Trinajstić information content (AvgIpc) is 3.52. The zero-order valence-corrected chi connectivity index (χ0v) is 21.3. The summed E-state index contributed by atoms with van der Waals surface area (Å²) in [6.07, 6.45) is 3.45. The molecule has 38 heavy (non-hydrogen) atoms. The van der Waals surface area contributed by atoms with E-state index < -0.39 is 0 Å². The fourth-order valence-corrected chi connectivity index (χ4v) is 5.11. The van der Waals surface area contributed by atoms with Crippen LogP contribution in [0, 0.1) is 11.8 Å². The molecule has 0 unspecified atom stereocenters. The molecule has 0 spiro atoms. The topological polar surface area (TPSA) is 84.7 Å². The third-order valence-corrected chi connectivity index (χ3v) is 6.95. The first-order chi connectivity index (χ1) is 18.6. The molecule has 0 bridgehead atoms. The van der Waals surface area contributed by atoms with Crippen LogP contribution in [0.25, 0.3) is 21.1 Å². The molecule has 0 saturated carbocycles. The molecule has 0 aliphatic heterocycles. The van der Waals surface area contributed by atoms with Gasteiger partial charge in [0.15, 0.2) is 5.82 Å². The van der Waals surface area contributed by atoms with E-state index in [2.05, 4.69) is 61.8 Å². The van der Waals surface area contributed by atoms with Crippen LogP contribution in [0.1, 0.15) is 22.9 Å². The van der Waals surface area contributed by atoms with E-state index in [-0.39, 0.29) is 5.91 Å². The summed E-state index contributed by atoms with van der Waals surface area (Å²) in [4.78, 5) is 21.1. The maximum atomic E-state index is 11.3. The number of rotatable bonds is 5. The van der Waals surface area contributed by atoms with Crippen molar-refractivity contribution in [1.29, 1.82) is 0 Å². The van der Waals surface area contributed by atoms with Crippen LogP contribution in [-0.4, -0.2) is 25.7 Å². The molecule has 0 aliphatic rings. The van der Waals surface area contributed by atoms with E-state index in [1.165, 1.54) is 23.8 Å². The molecule has 6 rings (SSSR count). The first-order valence-corrected chi connectivity index (χ1v) is 12.8. The van der Waals surface area contributed by atoms with Gasteiger partial charge in [-0.25, -0.2) is 9.97 Å².